The average molecular weight is 503 g/mol. The third-order valence-corrected chi connectivity index (χ3v) is 5.60. The summed E-state index contributed by atoms with van der Waals surface area (Å²) in [5, 5.41) is 22.0. The summed E-state index contributed by atoms with van der Waals surface area (Å²) >= 11 is 3.33. The zero-order valence-electron chi connectivity index (χ0n) is 17.7. The van der Waals surface area contributed by atoms with Gasteiger partial charge in [-0.15, -0.1) is 0 Å². The third kappa shape index (κ3) is 5.05. The maximum absolute atomic E-state index is 12.9. The van der Waals surface area contributed by atoms with Crippen LogP contribution in [0.2, 0.25) is 0 Å². The Kier molecular flexibility index (Phi) is 7.42. The molecule has 1 fully saturated rings. The molecule has 0 radical (unpaired) electrons. The molecular weight excluding hydrogens is 480 g/mol. The van der Waals surface area contributed by atoms with E-state index in [1.807, 2.05) is 13.8 Å². The minimum absolute atomic E-state index is 0.0355. The van der Waals surface area contributed by atoms with E-state index in [4.69, 9.17) is 4.74 Å². The molecule has 2 aromatic carbocycles. The number of amides is 1. The number of nitrogens with zero attached hydrogens (tertiary/aromatic N) is 2. The first-order chi connectivity index (χ1) is 15.2. The van der Waals surface area contributed by atoms with E-state index < -0.39 is 22.7 Å². The highest BCUT2D eigenvalue weighted by Crippen LogP contribution is 2.40. The molecule has 0 aromatic heterocycles. The predicted octanol–water partition coefficient (Wildman–Crippen LogP) is 4.59. The van der Waals surface area contributed by atoms with Crippen molar-refractivity contribution < 1.29 is 24.4 Å². The zero-order chi connectivity index (χ0) is 23.4. The van der Waals surface area contributed by atoms with E-state index in [9.17, 15) is 24.8 Å². The lowest BCUT2D eigenvalue weighted by Gasteiger charge is -2.25. The number of hydrogen-bond donors (Lipinski definition) is 1. The molecule has 3 rings (SSSR count). The van der Waals surface area contributed by atoms with Crippen LogP contribution in [-0.2, 0) is 14.3 Å². The lowest BCUT2D eigenvalue weighted by molar-refractivity contribution is -0.384. The van der Waals surface area contributed by atoms with E-state index in [-0.39, 0.29) is 29.7 Å². The quantitative estimate of drug-likeness (QED) is 0.141. The average Bonchev–Trinajstić information content (AvgIpc) is 3.01. The standard InChI is InChI=1S/C23H23BrN2O6/c1-14(2)32-13-3-12-25-20(15-6-10-18(11-7-15)26(30)31)19(22(28)23(25)29)21(27)16-4-8-17(24)9-5-16/h4-11,14,20,27H,3,12-13H2,1-2H3/t20-/m1/s1. The monoisotopic (exact) mass is 502 g/mol. The molecular formula is C23H23BrN2O6. The number of benzene rings is 2. The van der Waals surface area contributed by atoms with Gasteiger partial charge in [-0.25, -0.2) is 0 Å². The van der Waals surface area contributed by atoms with E-state index in [0.29, 0.717) is 24.2 Å². The molecule has 0 aliphatic carbocycles. The Balaban J connectivity index is 2.04. The summed E-state index contributed by atoms with van der Waals surface area (Å²) in [7, 11) is 0. The molecule has 2 aromatic rings. The maximum Gasteiger partial charge on any atom is 0.295 e. The number of hydrogen-bond acceptors (Lipinski definition) is 6. The normalized spacial score (nSPS) is 17.9. The maximum atomic E-state index is 12.9. The van der Waals surface area contributed by atoms with E-state index in [1.165, 1.54) is 29.2 Å². The number of nitro groups is 1. The molecule has 1 atom stereocenters. The van der Waals surface area contributed by atoms with Crippen molar-refractivity contribution in [3.8, 4) is 0 Å². The zero-order valence-corrected chi connectivity index (χ0v) is 19.2. The summed E-state index contributed by atoms with van der Waals surface area (Å²) in [6, 6.07) is 11.5. The molecule has 1 saturated heterocycles. The number of Topliss-reactive ketones (excluding diaryl/α,β-unsaturated/α-hetero) is 1. The van der Waals surface area contributed by atoms with Crippen molar-refractivity contribution in [3.05, 3.63) is 79.8 Å². The second-order valence-electron chi connectivity index (χ2n) is 7.62. The first kappa shape index (κ1) is 23.6. The molecule has 168 valence electrons. The van der Waals surface area contributed by atoms with Gasteiger partial charge in [0.15, 0.2) is 0 Å². The molecule has 9 heteroatoms. The molecule has 32 heavy (non-hydrogen) atoms. The molecule has 8 nitrogen and oxygen atoms in total. The van der Waals surface area contributed by atoms with Crippen LogP contribution in [0, 0.1) is 10.1 Å². The van der Waals surface area contributed by atoms with Gasteiger partial charge in [0, 0.05) is 35.3 Å². The molecule has 0 spiro atoms. The van der Waals surface area contributed by atoms with Gasteiger partial charge in [0.05, 0.1) is 22.6 Å². The Morgan fingerprint density at radius 2 is 1.78 bits per heavy atom. The van der Waals surface area contributed by atoms with Crippen molar-refractivity contribution in [1.82, 2.24) is 4.90 Å². The Hall–Kier alpha value is -3.04. The topological polar surface area (TPSA) is 110 Å². The number of carbonyl (C=O) groups excluding carboxylic acids is 2. The second kappa shape index (κ2) is 10.1. The van der Waals surface area contributed by atoms with Crippen LogP contribution < -0.4 is 0 Å². The van der Waals surface area contributed by atoms with Crippen LogP contribution in [-0.4, -0.2) is 45.9 Å². The summed E-state index contributed by atoms with van der Waals surface area (Å²) in [4.78, 5) is 37.7. The molecule has 1 aliphatic rings. The number of nitro benzene ring substituents is 1. The Labute approximate surface area is 193 Å². The highest BCUT2D eigenvalue weighted by molar-refractivity contribution is 9.10. The van der Waals surface area contributed by atoms with Crippen LogP contribution in [0.3, 0.4) is 0 Å². The number of likely N-dealkylation sites (tertiary alicyclic amines) is 1. The summed E-state index contributed by atoms with van der Waals surface area (Å²) < 4.78 is 6.34. The van der Waals surface area contributed by atoms with E-state index in [0.717, 1.165) is 4.47 Å². The summed E-state index contributed by atoms with van der Waals surface area (Å²) in [5.41, 5.74) is 0.736. The van der Waals surface area contributed by atoms with E-state index in [1.54, 1.807) is 24.3 Å². The molecule has 1 N–H and O–H groups in total. The first-order valence-electron chi connectivity index (χ1n) is 10.1. The highest BCUT2D eigenvalue weighted by Gasteiger charge is 2.45. The van der Waals surface area contributed by atoms with Gasteiger partial charge in [-0.3, -0.25) is 19.7 Å². The van der Waals surface area contributed by atoms with E-state index in [2.05, 4.69) is 15.9 Å². The molecule has 0 unspecified atom stereocenters. The number of ether oxygens (including phenoxy) is 1. The van der Waals surface area contributed by atoms with Crippen molar-refractivity contribution in [2.45, 2.75) is 32.4 Å². The number of rotatable bonds is 8. The number of non-ortho nitro benzene ring substituents is 1. The number of halogens is 1. The van der Waals surface area contributed by atoms with Gasteiger partial charge < -0.3 is 14.7 Å². The molecule has 1 amide bonds. The summed E-state index contributed by atoms with van der Waals surface area (Å²) in [6.45, 7) is 4.44. The lowest BCUT2D eigenvalue weighted by atomic mass is 9.95. The van der Waals surface area contributed by atoms with Crippen LogP contribution in [0.4, 0.5) is 5.69 Å². The van der Waals surface area contributed by atoms with Gasteiger partial charge in [0.2, 0.25) is 0 Å². The molecule has 0 saturated carbocycles. The predicted molar refractivity (Wildman–Crippen MR) is 122 cm³/mol. The van der Waals surface area contributed by atoms with Crippen molar-refractivity contribution in [1.29, 1.82) is 0 Å². The first-order valence-corrected chi connectivity index (χ1v) is 10.9. The van der Waals surface area contributed by atoms with Crippen LogP contribution in [0.5, 0.6) is 0 Å². The smallest absolute Gasteiger partial charge is 0.295 e. The number of ketones is 1. The number of aliphatic hydroxyl groups excluding tert-OH is 1. The minimum atomic E-state index is -0.862. The fourth-order valence-electron chi connectivity index (χ4n) is 3.55. The van der Waals surface area contributed by atoms with Crippen molar-refractivity contribution >= 4 is 39.1 Å². The fourth-order valence-corrected chi connectivity index (χ4v) is 3.82. The Morgan fingerprint density at radius 3 is 2.34 bits per heavy atom. The molecule has 0 bridgehead atoms. The number of aliphatic hydroxyl groups is 1. The summed E-state index contributed by atoms with van der Waals surface area (Å²) in [5.74, 6) is -1.81. The Morgan fingerprint density at radius 1 is 1.16 bits per heavy atom. The van der Waals surface area contributed by atoms with Crippen molar-refractivity contribution in [2.24, 2.45) is 0 Å². The molecule has 1 aliphatic heterocycles. The highest BCUT2D eigenvalue weighted by atomic mass is 79.9. The van der Waals surface area contributed by atoms with Gasteiger partial charge in [0.1, 0.15) is 5.76 Å². The van der Waals surface area contributed by atoms with Gasteiger partial charge in [0.25, 0.3) is 17.4 Å². The van der Waals surface area contributed by atoms with Crippen molar-refractivity contribution in [3.63, 3.8) is 0 Å². The van der Waals surface area contributed by atoms with Crippen LogP contribution >= 0.6 is 15.9 Å². The molecule has 1 heterocycles. The van der Waals surface area contributed by atoms with Crippen LogP contribution in [0.25, 0.3) is 5.76 Å². The van der Waals surface area contributed by atoms with Crippen LogP contribution in [0.1, 0.15) is 37.4 Å². The minimum Gasteiger partial charge on any atom is -0.507 e. The van der Waals surface area contributed by atoms with Crippen molar-refractivity contribution in [2.75, 3.05) is 13.2 Å². The van der Waals surface area contributed by atoms with Gasteiger partial charge in [-0.05, 0) is 50.1 Å². The largest absolute Gasteiger partial charge is 0.507 e. The van der Waals surface area contributed by atoms with Gasteiger partial charge >= 0.3 is 0 Å². The van der Waals surface area contributed by atoms with Gasteiger partial charge in [-0.2, -0.15) is 0 Å². The summed E-state index contributed by atoms with van der Waals surface area (Å²) in [6.07, 6.45) is 0.529. The third-order valence-electron chi connectivity index (χ3n) is 5.07. The number of carbonyl (C=O) groups is 2. The van der Waals surface area contributed by atoms with Gasteiger partial charge in [-0.1, -0.05) is 28.1 Å². The Bertz CT molecular complexity index is 1050. The SMILES string of the molecule is CC(C)OCCCN1C(=O)C(=O)C(=C(O)c2ccc(Br)cc2)[C@H]1c1ccc([N+](=O)[O-])cc1. The van der Waals surface area contributed by atoms with E-state index >= 15 is 0 Å². The lowest BCUT2D eigenvalue weighted by Crippen LogP contribution is -2.31. The fraction of sp³-hybridized carbons (Fsp3) is 0.304. The van der Waals surface area contributed by atoms with Crippen LogP contribution in [0.15, 0.2) is 58.6 Å². The second-order valence-corrected chi connectivity index (χ2v) is 8.54.